The minimum Gasteiger partial charge on any atom is -0.350 e. The van der Waals surface area contributed by atoms with Crippen molar-refractivity contribution in [2.24, 2.45) is 5.14 Å². The second kappa shape index (κ2) is 8.11. The van der Waals surface area contributed by atoms with Crippen LogP contribution in [0.2, 0.25) is 5.02 Å². The molecule has 0 radical (unpaired) electrons. The van der Waals surface area contributed by atoms with Crippen LogP contribution in [0.5, 0.6) is 0 Å². The van der Waals surface area contributed by atoms with E-state index in [1.165, 1.54) is 18.2 Å². The molecule has 2 rings (SSSR count). The highest BCUT2D eigenvalue weighted by molar-refractivity contribution is 7.89. The molecule has 0 bridgehead atoms. The summed E-state index contributed by atoms with van der Waals surface area (Å²) in [6.45, 7) is -0.136. The van der Waals surface area contributed by atoms with E-state index >= 15 is 0 Å². The van der Waals surface area contributed by atoms with E-state index in [0.29, 0.717) is 10.6 Å². The van der Waals surface area contributed by atoms with Crippen molar-refractivity contribution in [2.45, 2.75) is 11.4 Å². The largest absolute Gasteiger partial charge is 0.350 e. The van der Waals surface area contributed by atoms with Crippen molar-refractivity contribution in [1.29, 1.82) is 0 Å². The number of halogens is 1. The predicted molar refractivity (Wildman–Crippen MR) is 93.4 cm³/mol. The van der Waals surface area contributed by atoms with Crippen LogP contribution in [0, 0.1) is 0 Å². The van der Waals surface area contributed by atoms with Crippen LogP contribution in [-0.2, 0) is 21.4 Å². The van der Waals surface area contributed by atoms with Gasteiger partial charge >= 0.3 is 0 Å². The molecule has 2 aromatic carbocycles. The Morgan fingerprint density at radius 2 is 1.76 bits per heavy atom. The molecule has 2 aromatic rings. The maximum absolute atomic E-state index is 11.9. The lowest BCUT2D eigenvalue weighted by molar-refractivity contribution is -0.120. The average molecular weight is 382 g/mol. The first kappa shape index (κ1) is 18.9. The number of amides is 2. The molecule has 2 amide bonds. The van der Waals surface area contributed by atoms with Gasteiger partial charge in [-0.25, -0.2) is 13.6 Å². The van der Waals surface area contributed by atoms with Gasteiger partial charge in [0.1, 0.15) is 0 Å². The number of sulfonamides is 1. The van der Waals surface area contributed by atoms with Gasteiger partial charge in [0.15, 0.2) is 0 Å². The van der Waals surface area contributed by atoms with E-state index in [1.807, 2.05) is 0 Å². The van der Waals surface area contributed by atoms with Crippen molar-refractivity contribution in [3.8, 4) is 0 Å². The van der Waals surface area contributed by atoms with Gasteiger partial charge in [0.05, 0.1) is 22.0 Å². The van der Waals surface area contributed by atoms with E-state index in [2.05, 4.69) is 10.6 Å². The topological polar surface area (TPSA) is 118 Å². The first-order valence-corrected chi connectivity index (χ1v) is 9.11. The summed E-state index contributed by atoms with van der Waals surface area (Å²) in [4.78, 5) is 23.7. The zero-order chi connectivity index (χ0) is 18.4. The highest BCUT2D eigenvalue weighted by atomic mass is 35.5. The van der Waals surface area contributed by atoms with E-state index in [-0.39, 0.29) is 23.5 Å². The lowest BCUT2D eigenvalue weighted by Crippen LogP contribution is -2.36. The van der Waals surface area contributed by atoms with Crippen LogP contribution in [-0.4, -0.2) is 26.8 Å². The number of primary sulfonamides is 1. The van der Waals surface area contributed by atoms with Crippen LogP contribution in [0.15, 0.2) is 53.4 Å². The molecule has 0 aliphatic rings. The minimum absolute atomic E-state index is 0.0359. The molecule has 0 heterocycles. The number of hydrogen-bond acceptors (Lipinski definition) is 4. The first-order valence-electron chi connectivity index (χ1n) is 7.18. The van der Waals surface area contributed by atoms with Crippen LogP contribution in [0.1, 0.15) is 15.9 Å². The molecule has 7 nitrogen and oxygen atoms in total. The van der Waals surface area contributed by atoms with Crippen LogP contribution in [0.25, 0.3) is 0 Å². The molecule has 9 heteroatoms. The highest BCUT2D eigenvalue weighted by Gasteiger charge is 2.11. The Bertz CT molecular complexity index is 900. The quantitative estimate of drug-likeness (QED) is 0.692. The molecule has 0 saturated carbocycles. The van der Waals surface area contributed by atoms with Gasteiger partial charge in [0, 0.05) is 6.54 Å². The number of nitrogens with one attached hydrogen (secondary N) is 2. The second-order valence-electron chi connectivity index (χ2n) is 5.13. The van der Waals surface area contributed by atoms with Crippen molar-refractivity contribution >= 4 is 33.4 Å². The zero-order valence-electron chi connectivity index (χ0n) is 13.0. The van der Waals surface area contributed by atoms with Gasteiger partial charge in [-0.3, -0.25) is 9.59 Å². The van der Waals surface area contributed by atoms with Gasteiger partial charge in [0.2, 0.25) is 15.9 Å². The Labute approximate surface area is 150 Å². The van der Waals surface area contributed by atoms with Gasteiger partial charge in [-0.15, -0.1) is 0 Å². The number of benzene rings is 2. The van der Waals surface area contributed by atoms with Crippen molar-refractivity contribution in [3.05, 3.63) is 64.7 Å². The molecule has 0 spiro atoms. The van der Waals surface area contributed by atoms with Gasteiger partial charge in [-0.05, 0) is 29.8 Å². The summed E-state index contributed by atoms with van der Waals surface area (Å²) in [5, 5.41) is 10.4. The van der Waals surface area contributed by atoms with Gasteiger partial charge in [-0.1, -0.05) is 35.9 Å². The summed E-state index contributed by atoms with van der Waals surface area (Å²) in [7, 11) is -3.80. The number of hydrogen-bond donors (Lipinski definition) is 3. The maximum Gasteiger partial charge on any atom is 0.253 e. The van der Waals surface area contributed by atoms with E-state index < -0.39 is 21.8 Å². The molecule has 0 atom stereocenters. The van der Waals surface area contributed by atoms with E-state index in [1.54, 1.807) is 30.3 Å². The van der Waals surface area contributed by atoms with Gasteiger partial charge in [0.25, 0.3) is 5.91 Å². The summed E-state index contributed by atoms with van der Waals surface area (Å²) in [5.41, 5.74) is 0.843. The maximum atomic E-state index is 11.9. The van der Waals surface area contributed by atoms with E-state index in [4.69, 9.17) is 16.7 Å². The summed E-state index contributed by atoms with van der Waals surface area (Å²) in [6.07, 6.45) is 0. The van der Waals surface area contributed by atoms with Crippen LogP contribution < -0.4 is 15.8 Å². The summed E-state index contributed by atoms with van der Waals surface area (Å²) in [6, 6.07) is 12.4. The normalized spacial score (nSPS) is 11.0. The second-order valence-corrected chi connectivity index (χ2v) is 7.10. The lowest BCUT2D eigenvalue weighted by atomic mass is 10.2. The molecular weight excluding hydrogens is 366 g/mol. The Kier molecular flexibility index (Phi) is 6.13. The fraction of sp³-hybridized carbons (Fsp3) is 0.125. The number of carbonyl (C=O) groups is 2. The Balaban J connectivity index is 1.87. The van der Waals surface area contributed by atoms with Gasteiger partial charge in [-0.2, -0.15) is 0 Å². The van der Waals surface area contributed by atoms with E-state index in [9.17, 15) is 18.0 Å². The third-order valence-corrected chi connectivity index (χ3v) is 4.49. The summed E-state index contributed by atoms with van der Waals surface area (Å²) in [5.74, 6) is -0.890. The highest BCUT2D eigenvalue weighted by Crippen LogP contribution is 2.14. The van der Waals surface area contributed by atoms with Crippen molar-refractivity contribution in [1.82, 2.24) is 10.6 Å². The fourth-order valence-corrected chi connectivity index (χ4v) is 2.80. The Hall–Kier alpha value is -2.42. The number of nitrogens with two attached hydrogens (primary N) is 1. The molecule has 0 aliphatic carbocycles. The third kappa shape index (κ3) is 5.56. The molecule has 132 valence electrons. The average Bonchev–Trinajstić information content (AvgIpc) is 2.58. The Morgan fingerprint density at radius 1 is 1.04 bits per heavy atom. The van der Waals surface area contributed by atoms with Crippen molar-refractivity contribution in [2.75, 3.05) is 6.54 Å². The summed E-state index contributed by atoms with van der Waals surface area (Å²) >= 11 is 5.91. The lowest BCUT2D eigenvalue weighted by Gasteiger charge is -2.08. The monoisotopic (exact) mass is 381 g/mol. The number of rotatable bonds is 6. The summed E-state index contributed by atoms with van der Waals surface area (Å²) < 4.78 is 22.6. The molecule has 4 N–H and O–H groups in total. The molecule has 25 heavy (non-hydrogen) atoms. The molecule has 0 aromatic heterocycles. The molecule has 0 aliphatic heterocycles. The van der Waals surface area contributed by atoms with E-state index in [0.717, 1.165) is 0 Å². The SMILES string of the molecule is NS(=O)(=O)c1cccc(CNC(=O)CNC(=O)c2ccccc2Cl)c1. The zero-order valence-corrected chi connectivity index (χ0v) is 14.6. The Morgan fingerprint density at radius 3 is 2.44 bits per heavy atom. The molecular formula is C16H16ClN3O4S. The smallest absolute Gasteiger partial charge is 0.253 e. The minimum atomic E-state index is -3.80. The van der Waals surface area contributed by atoms with Crippen LogP contribution in [0.4, 0.5) is 0 Å². The molecule has 0 unspecified atom stereocenters. The van der Waals surface area contributed by atoms with Crippen LogP contribution in [0.3, 0.4) is 0 Å². The fourth-order valence-electron chi connectivity index (χ4n) is 2.00. The van der Waals surface area contributed by atoms with Crippen molar-refractivity contribution < 1.29 is 18.0 Å². The van der Waals surface area contributed by atoms with Gasteiger partial charge < -0.3 is 10.6 Å². The van der Waals surface area contributed by atoms with Crippen molar-refractivity contribution in [3.63, 3.8) is 0 Å². The standard InChI is InChI=1S/C16H16ClN3O4S/c17-14-7-2-1-6-13(14)16(22)20-10-15(21)19-9-11-4-3-5-12(8-11)25(18,23)24/h1-8H,9-10H2,(H,19,21)(H,20,22)(H2,18,23,24). The first-order chi connectivity index (χ1) is 11.8. The molecule has 0 saturated heterocycles. The predicted octanol–water partition coefficient (Wildman–Crippen LogP) is 1.03. The number of carbonyl (C=O) groups excluding carboxylic acids is 2. The van der Waals surface area contributed by atoms with Crippen LogP contribution >= 0.6 is 11.6 Å². The third-order valence-electron chi connectivity index (χ3n) is 3.24. The molecule has 0 fully saturated rings.